The summed E-state index contributed by atoms with van der Waals surface area (Å²) in [6.45, 7) is 0.316. The molecule has 0 spiro atoms. The predicted molar refractivity (Wildman–Crippen MR) is 105 cm³/mol. The molecule has 3 rings (SSSR count). The molecule has 0 N–H and O–H groups in total. The van der Waals surface area contributed by atoms with E-state index in [9.17, 15) is 4.79 Å². The lowest BCUT2D eigenvalue weighted by molar-refractivity contribution is 0.104. The molecule has 0 unspecified atom stereocenters. The van der Waals surface area contributed by atoms with Crippen LogP contribution in [0.5, 0.6) is 5.75 Å². The Hall–Kier alpha value is -2.11. The smallest absolute Gasteiger partial charge is 0.186 e. The van der Waals surface area contributed by atoms with Crippen LogP contribution in [0.15, 0.2) is 80.1 Å². The summed E-state index contributed by atoms with van der Waals surface area (Å²) in [4.78, 5) is 12.1. The normalized spacial score (nSPS) is 11.0. The second kappa shape index (κ2) is 8.32. The number of ether oxygens (including phenoxy) is 1. The summed E-state index contributed by atoms with van der Waals surface area (Å²) in [7, 11) is 0. The number of rotatable bonds is 6. The first-order valence-corrected chi connectivity index (χ1v) is 9.14. The average Bonchev–Trinajstić information content (AvgIpc) is 3.07. The number of hydrogen-bond acceptors (Lipinski definition) is 3. The monoisotopic (exact) mass is 460 g/mol. The molecule has 0 fully saturated rings. The van der Waals surface area contributed by atoms with Gasteiger partial charge in [-0.1, -0.05) is 40.2 Å². The van der Waals surface area contributed by atoms with Gasteiger partial charge in [0, 0.05) is 10.0 Å². The maximum atomic E-state index is 12.1. The quantitative estimate of drug-likeness (QED) is 0.320. The van der Waals surface area contributed by atoms with Crippen molar-refractivity contribution in [1.29, 1.82) is 0 Å². The Bertz CT molecular complexity index is 913. The predicted octanol–water partition coefficient (Wildman–Crippen LogP) is 6.28. The standard InChI is InChI=1S/C20H14Br2O3/c21-15-5-3-4-14(12-15)19(23)11-10-16-8-9-17(25-16)13-24-20-7-2-1-6-18(20)22/h1-12H,13H2/b11-10+. The minimum Gasteiger partial charge on any atom is -0.484 e. The lowest BCUT2D eigenvalue weighted by Gasteiger charge is -2.05. The summed E-state index contributed by atoms with van der Waals surface area (Å²) in [6, 6.07) is 18.5. The Balaban J connectivity index is 1.61. The molecule has 126 valence electrons. The molecule has 0 aliphatic rings. The number of allylic oxidation sites excluding steroid dienone is 1. The fourth-order valence-electron chi connectivity index (χ4n) is 2.17. The second-order valence-corrected chi connectivity index (χ2v) is 7.00. The number of furan rings is 1. The largest absolute Gasteiger partial charge is 0.484 e. The molecular weight excluding hydrogens is 448 g/mol. The van der Waals surface area contributed by atoms with Crippen molar-refractivity contribution >= 4 is 43.7 Å². The Morgan fingerprint density at radius 3 is 2.68 bits per heavy atom. The van der Waals surface area contributed by atoms with Crippen LogP contribution in [-0.4, -0.2) is 5.78 Å². The van der Waals surface area contributed by atoms with Gasteiger partial charge in [-0.15, -0.1) is 0 Å². The fourth-order valence-corrected chi connectivity index (χ4v) is 2.97. The summed E-state index contributed by atoms with van der Waals surface area (Å²) in [6.07, 6.45) is 3.16. The zero-order valence-electron chi connectivity index (χ0n) is 13.1. The lowest BCUT2D eigenvalue weighted by atomic mass is 10.1. The summed E-state index contributed by atoms with van der Waals surface area (Å²) in [5.74, 6) is 1.96. The number of ketones is 1. The third kappa shape index (κ3) is 4.94. The zero-order chi connectivity index (χ0) is 17.6. The van der Waals surface area contributed by atoms with Gasteiger partial charge >= 0.3 is 0 Å². The number of benzene rings is 2. The van der Waals surface area contributed by atoms with Crippen LogP contribution >= 0.6 is 31.9 Å². The van der Waals surface area contributed by atoms with Crippen molar-refractivity contribution in [1.82, 2.24) is 0 Å². The zero-order valence-corrected chi connectivity index (χ0v) is 16.3. The molecule has 0 saturated heterocycles. The molecule has 0 amide bonds. The van der Waals surface area contributed by atoms with Crippen LogP contribution < -0.4 is 4.74 Å². The van der Waals surface area contributed by atoms with E-state index >= 15 is 0 Å². The first-order chi connectivity index (χ1) is 12.1. The first kappa shape index (κ1) is 17.7. The Kier molecular flexibility index (Phi) is 5.89. The minimum atomic E-state index is -0.0799. The van der Waals surface area contributed by atoms with Gasteiger partial charge in [0.05, 0.1) is 4.47 Å². The molecule has 0 aliphatic carbocycles. The van der Waals surface area contributed by atoms with Crippen LogP contribution in [0.1, 0.15) is 21.9 Å². The van der Waals surface area contributed by atoms with E-state index in [1.54, 1.807) is 18.2 Å². The lowest BCUT2D eigenvalue weighted by Crippen LogP contribution is -1.94. The molecule has 2 aromatic carbocycles. The first-order valence-electron chi connectivity index (χ1n) is 7.56. The van der Waals surface area contributed by atoms with Crippen LogP contribution in [0, 0.1) is 0 Å². The SMILES string of the molecule is O=C(/C=C/c1ccc(COc2ccccc2Br)o1)c1cccc(Br)c1. The van der Waals surface area contributed by atoms with E-state index in [4.69, 9.17) is 9.15 Å². The molecule has 3 aromatic rings. The van der Waals surface area contributed by atoms with E-state index in [1.807, 2.05) is 48.5 Å². The topological polar surface area (TPSA) is 39.4 Å². The van der Waals surface area contributed by atoms with Gasteiger partial charge in [-0.3, -0.25) is 4.79 Å². The highest BCUT2D eigenvalue weighted by Crippen LogP contribution is 2.25. The molecular formula is C20H14Br2O3. The highest BCUT2D eigenvalue weighted by atomic mass is 79.9. The molecule has 3 nitrogen and oxygen atoms in total. The van der Waals surface area contributed by atoms with Crippen molar-refractivity contribution in [3.63, 3.8) is 0 Å². The van der Waals surface area contributed by atoms with Gasteiger partial charge < -0.3 is 9.15 Å². The van der Waals surface area contributed by atoms with Gasteiger partial charge in [-0.2, -0.15) is 0 Å². The molecule has 0 radical (unpaired) electrons. The van der Waals surface area contributed by atoms with E-state index in [0.717, 1.165) is 14.7 Å². The van der Waals surface area contributed by atoms with E-state index in [1.165, 1.54) is 6.08 Å². The van der Waals surface area contributed by atoms with Crippen molar-refractivity contribution in [2.45, 2.75) is 6.61 Å². The van der Waals surface area contributed by atoms with Crippen LogP contribution in [0.4, 0.5) is 0 Å². The third-order valence-electron chi connectivity index (χ3n) is 3.40. The maximum absolute atomic E-state index is 12.1. The van der Waals surface area contributed by atoms with Gasteiger partial charge in [0.15, 0.2) is 5.78 Å². The van der Waals surface area contributed by atoms with Crippen molar-refractivity contribution in [2.75, 3.05) is 0 Å². The van der Waals surface area contributed by atoms with E-state index < -0.39 is 0 Å². The van der Waals surface area contributed by atoms with Crippen LogP contribution in [0.25, 0.3) is 6.08 Å². The number of para-hydroxylation sites is 1. The molecule has 0 aliphatic heterocycles. The van der Waals surface area contributed by atoms with E-state index in [0.29, 0.717) is 23.7 Å². The molecule has 5 heteroatoms. The van der Waals surface area contributed by atoms with Gasteiger partial charge in [-0.25, -0.2) is 0 Å². The number of carbonyl (C=O) groups excluding carboxylic acids is 1. The summed E-state index contributed by atoms with van der Waals surface area (Å²) in [5.41, 5.74) is 0.620. The van der Waals surface area contributed by atoms with Crippen molar-refractivity contribution in [3.8, 4) is 5.75 Å². The minimum absolute atomic E-state index is 0.0799. The van der Waals surface area contributed by atoms with E-state index in [-0.39, 0.29) is 5.78 Å². The number of hydrogen-bond donors (Lipinski definition) is 0. The highest BCUT2D eigenvalue weighted by Gasteiger charge is 2.05. The summed E-state index contributed by atoms with van der Waals surface area (Å²) in [5, 5.41) is 0. The van der Waals surface area contributed by atoms with Gasteiger partial charge in [0.25, 0.3) is 0 Å². The molecule has 0 saturated carbocycles. The average molecular weight is 462 g/mol. The molecule has 1 heterocycles. The van der Waals surface area contributed by atoms with Crippen LogP contribution in [0.3, 0.4) is 0 Å². The second-order valence-electron chi connectivity index (χ2n) is 5.23. The Morgan fingerprint density at radius 2 is 1.88 bits per heavy atom. The Morgan fingerprint density at radius 1 is 1.04 bits per heavy atom. The van der Waals surface area contributed by atoms with Crippen LogP contribution in [0.2, 0.25) is 0 Å². The van der Waals surface area contributed by atoms with Crippen molar-refractivity contribution < 1.29 is 13.9 Å². The molecule has 25 heavy (non-hydrogen) atoms. The van der Waals surface area contributed by atoms with Crippen LogP contribution in [-0.2, 0) is 6.61 Å². The Labute approximate surface area is 162 Å². The highest BCUT2D eigenvalue weighted by molar-refractivity contribution is 9.10. The maximum Gasteiger partial charge on any atom is 0.186 e. The molecule has 1 aromatic heterocycles. The number of carbonyl (C=O) groups is 1. The molecule has 0 bridgehead atoms. The molecule has 0 atom stereocenters. The van der Waals surface area contributed by atoms with Gasteiger partial charge in [0.2, 0.25) is 0 Å². The summed E-state index contributed by atoms with van der Waals surface area (Å²) < 4.78 is 13.1. The van der Waals surface area contributed by atoms with Crippen molar-refractivity contribution in [3.05, 3.63) is 92.8 Å². The summed E-state index contributed by atoms with van der Waals surface area (Å²) >= 11 is 6.79. The van der Waals surface area contributed by atoms with Crippen molar-refractivity contribution in [2.24, 2.45) is 0 Å². The number of halogens is 2. The fraction of sp³-hybridized carbons (Fsp3) is 0.0500. The van der Waals surface area contributed by atoms with Gasteiger partial charge in [-0.05, 0) is 64.5 Å². The third-order valence-corrected chi connectivity index (χ3v) is 4.55. The van der Waals surface area contributed by atoms with E-state index in [2.05, 4.69) is 31.9 Å². The van der Waals surface area contributed by atoms with Gasteiger partial charge in [0.1, 0.15) is 23.9 Å².